The van der Waals surface area contributed by atoms with Crippen LogP contribution in [-0.4, -0.2) is 40.7 Å². The Morgan fingerprint density at radius 2 is 1.44 bits per heavy atom. The van der Waals surface area contributed by atoms with E-state index in [2.05, 4.69) is 34.6 Å². The van der Waals surface area contributed by atoms with Gasteiger partial charge >= 0.3 is 40.7 Å². The van der Waals surface area contributed by atoms with Crippen molar-refractivity contribution >= 4 is 40.7 Å². The van der Waals surface area contributed by atoms with Crippen molar-refractivity contribution in [3.05, 3.63) is 0 Å². The van der Waals surface area contributed by atoms with Crippen LogP contribution in [0.5, 0.6) is 0 Å². The topological polar surface area (TPSA) is 0 Å². The second-order valence-electron chi connectivity index (χ2n) is 5.07. The third-order valence-electron chi connectivity index (χ3n) is 3.20. The van der Waals surface area contributed by atoms with E-state index in [1.807, 2.05) is 0 Å². The highest BCUT2D eigenvalue weighted by atomic mass is 24.5. The van der Waals surface area contributed by atoms with E-state index < -0.39 is 0 Å². The standard InChI is InChI=1S/3C4H9.C2H5.2Mg/c3*1-3-4-2;1-2;;/h3H,4H2,1-2H3;2*1,3-4H2,2H3;1H2,2H3;;. The van der Waals surface area contributed by atoms with Crippen molar-refractivity contribution < 1.29 is 0 Å². The molecule has 1 unspecified atom stereocenters. The van der Waals surface area contributed by atoms with Gasteiger partial charge in [0.15, 0.2) is 0 Å². The molecular weight excluding hydrogens is 217 g/mol. The van der Waals surface area contributed by atoms with Crippen molar-refractivity contribution in [2.45, 2.75) is 84.4 Å². The Bertz CT molecular complexity index is 101. The van der Waals surface area contributed by atoms with E-state index in [1.54, 1.807) is 9.10 Å². The lowest BCUT2D eigenvalue weighted by Crippen LogP contribution is -1.96. The summed E-state index contributed by atoms with van der Waals surface area (Å²) in [5.41, 5.74) is 0. The normalized spacial score (nSPS) is 10.8. The molecule has 0 radical (unpaired) electrons. The SMILES string of the molecule is CCC[CH2][Mg][CH2]C.CCC[CH2][Mg][CH](C)CC. The number of hydrogen-bond acceptors (Lipinski definition) is 0. The molecular formula is C14H32Mg2. The summed E-state index contributed by atoms with van der Waals surface area (Å²) < 4.78 is 5.75. The Hall–Kier alpha value is 1.53. The van der Waals surface area contributed by atoms with Gasteiger partial charge in [0.25, 0.3) is 0 Å². The first-order chi connectivity index (χ1) is 7.72. The first-order valence-corrected chi connectivity index (χ1v) is 11.5. The van der Waals surface area contributed by atoms with Crippen molar-refractivity contribution in [2.24, 2.45) is 0 Å². The van der Waals surface area contributed by atoms with E-state index >= 15 is 0 Å². The fraction of sp³-hybridized carbons (Fsp3) is 1.00. The van der Waals surface area contributed by atoms with Gasteiger partial charge in [0.2, 0.25) is 0 Å². The van der Waals surface area contributed by atoms with E-state index in [4.69, 9.17) is 0 Å². The van der Waals surface area contributed by atoms with Crippen LogP contribution in [0.15, 0.2) is 0 Å². The van der Waals surface area contributed by atoms with Gasteiger partial charge in [0, 0.05) is 0 Å². The van der Waals surface area contributed by atoms with Gasteiger partial charge in [-0.2, -0.15) is 0 Å². The van der Waals surface area contributed by atoms with Crippen LogP contribution < -0.4 is 0 Å². The van der Waals surface area contributed by atoms with Crippen LogP contribution in [0, 0.1) is 0 Å². The van der Waals surface area contributed by atoms with Gasteiger partial charge in [-0.3, -0.25) is 0 Å². The zero-order valence-electron chi connectivity index (χ0n) is 12.6. The van der Waals surface area contributed by atoms with Gasteiger partial charge in [-0.25, -0.2) is 0 Å². The Balaban J connectivity index is 0. The molecule has 0 amide bonds. The molecule has 0 fully saturated rings. The molecule has 0 aromatic carbocycles. The number of rotatable bonds is 9. The van der Waals surface area contributed by atoms with Gasteiger partial charge in [-0.05, 0) is 0 Å². The average Bonchev–Trinajstić information content (AvgIpc) is 2.31. The highest BCUT2D eigenvalue weighted by Crippen LogP contribution is 2.09. The van der Waals surface area contributed by atoms with Crippen LogP contribution in [0.25, 0.3) is 0 Å². The third-order valence-corrected chi connectivity index (χ3v) is 7.38. The van der Waals surface area contributed by atoms with Gasteiger partial charge < -0.3 is 0 Å². The minimum absolute atomic E-state index is 0.325. The average molecular weight is 249 g/mol. The van der Waals surface area contributed by atoms with Crippen molar-refractivity contribution in [3.63, 3.8) is 0 Å². The second kappa shape index (κ2) is 18.9. The van der Waals surface area contributed by atoms with Gasteiger partial charge in [-0.1, -0.05) is 66.7 Å². The van der Waals surface area contributed by atoms with Crippen LogP contribution in [0.3, 0.4) is 0 Å². The molecule has 0 bridgehead atoms. The lowest BCUT2D eigenvalue weighted by molar-refractivity contribution is 0.831. The molecule has 0 heterocycles. The molecule has 0 nitrogen and oxygen atoms in total. The molecule has 0 aromatic heterocycles. The molecule has 0 aromatic rings. The summed E-state index contributed by atoms with van der Waals surface area (Å²) in [6.45, 7) is 11.6. The molecule has 0 aliphatic rings. The lowest BCUT2D eigenvalue weighted by Gasteiger charge is -2.02. The zero-order valence-corrected chi connectivity index (χ0v) is 15.5. The second-order valence-corrected chi connectivity index (χ2v) is 10.2. The zero-order chi connectivity index (χ0) is 12.6. The monoisotopic (exact) mass is 248 g/mol. The van der Waals surface area contributed by atoms with Gasteiger partial charge in [0.1, 0.15) is 0 Å². The summed E-state index contributed by atoms with van der Waals surface area (Å²) in [6, 6.07) is 0. The highest BCUT2D eigenvalue weighted by Gasteiger charge is 2.01. The maximum atomic E-state index is 2.40. The third kappa shape index (κ3) is 20.9. The summed E-state index contributed by atoms with van der Waals surface area (Å²) in [7, 11) is 0. The van der Waals surface area contributed by atoms with E-state index in [0.717, 1.165) is 4.05 Å². The quantitative estimate of drug-likeness (QED) is 0.375. The fourth-order valence-electron chi connectivity index (χ4n) is 1.62. The smallest absolute Gasteiger partial charge is 0.149 e. The van der Waals surface area contributed by atoms with Crippen LogP contribution in [0.2, 0.25) is 17.7 Å². The molecule has 2 heteroatoms. The minimum Gasteiger partial charge on any atom is -0.149 e. The molecule has 0 N–H and O–H groups in total. The van der Waals surface area contributed by atoms with Crippen LogP contribution in [0.1, 0.15) is 66.7 Å². The molecule has 0 saturated heterocycles. The van der Waals surface area contributed by atoms with Crippen molar-refractivity contribution in [1.29, 1.82) is 0 Å². The first kappa shape index (κ1) is 19.9. The molecule has 16 heavy (non-hydrogen) atoms. The lowest BCUT2D eigenvalue weighted by atomic mass is 10.4. The van der Waals surface area contributed by atoms with E-state index in [1.165, 1.54) is 36.7 Å². The number of unbranched alkanes of at least 4 members (excludes halogenated alkanes) is 2. The predicted octanol–water partition coefficient (Wildman–Crippen LogP) is 5.47. The Labute approximate surface area is 124 Å². The summed E-state index contributed by atoms with van der Waals surface area (Å²) in [5, 5.41) is 0. The maximum Gasteiger partial charge on any atom is 0.368 e. The summed E-state index contributed by atoms with van der Waals surface area (Å²) in [6.07, 6.45) is 7.17. The van der Waals surface area contributed by atoms with E-state index in [9.17, 15) is 0 Å². The van der Waals surface area contributed by atoms with E-state index in [0.29, 0.717) is 40.7 Å². The van der Waals surface area contributed by atoms with Crippen molar-refractivity contribution in [3.8, 4) is 0 Å². The van der Waals surface area contributed by atoms with Crippen LogP contribution in [0.4, 0.5) is 0 Å². The van der Waals surface area contributed by atoms with Crippen molar-refractivity contribution in [2.75, 3.05) is 0 Å². The molecule has 0 aliphatic heterocycles. The van der Waals surface area contributed by atoms with E-state index in [-0.39, 0.29) is 0 Å². The van der Waals surface area contributed by atoms with Gasteiger partial charge in [0.05, 0.1) is 0 Å². The highest BCUT2D eigenvalue weighted by molar-refractivity contribution is 6.37. The van der Waals surface area contributed by atoms with Crippen LogP contribution >= 0.6 is 0 Å². The van der Waals surface area contributed by atoms with Crippen molar-refractivity contribution in [1.82, 2.24) is 0 Å². The Kier molecular flexibility index (Phi) is 23.4. The largest absolute Gasteiger partial charge is 0.368 e. The molecule has 0 saturated carbocycles. The molecule has 92 valence electrons. The summed E-state index contributed by atoms with van der Waals surface area (Å²) >= 11 is 0.735. The maximum absolute atomic E-state index is 2.40. The summed E-state index contributed by atoms with van der Waals surface area (Å²) in [5.74, 6) is 0. The Morgan fingerprint density at radius 3 is 1.88 bits per heavy atom. The van der Waals surface area contributed by atoms with Gasteiger partial charge in [-0.15, -0.1) is 17.7 Å². The molecule has 0 spiro atoms. The summed E-state index contributed by atoms with van der Waals surface area (Å²) in [4.78, 5) is 0. The van der Waals surface area contributed by atoms with Crippen LogP contribution in [-0.2, 0) is 0 Å². The predicted molar refractivity (Wildman–Crippen MR) is 81.1 cm³/mol. The minimum atomic E-state index is 0.325. The molecule has 0 rings (SSSR count). The molecule has 0 aliphatic carbocycles. The molecule has 1 atom stereocenters. The fourth-order valence-corrected chi connectivity index (χ4v) is 4.87. The first-order valence-electron chi connectivity index (χ1n) is 7.72. The number of hydrogen-bond donors (Lipinski definition) is 0. The Morgan fingerprint density at radius 1 is 0.875 bits per heavy atom.